The van der Waals surface area contributed by atoms with Crippen LogP contribution in [0.2, 0.25) is 0 Å². The van der Waals surface area contributed by atoms with Gasteiger partial charge in [0.15, 0.2) is 0 Å². The molecule has 0 saturated carbocycles. The normalized spacial score (nSPS) is 10.9. The molecule has 2 N–H and O–H groups in total. The Hall–Kier alpha value is -0.950. The highest BCUT2D eigenvalue weighted by atomic mass is 32.2. The number of benzene rings is 1. The Bertz CT molecular complexity index is 397. The van der Waals surface area contributed by atoms with Gasteiger partial charge in [-0.05, 0) is 12.1 Å². The van der Waals surface area contributed by atoms with E-state index in [0.29, 0.717) is 6.26 Å². The fourth-order valence-electron chi connectivity index (χ4n) is 1.33. The van der Waals surface area contributed by atoms with Gasteiger partial charge in [-0.25, -0.2) is 0 Å². The molecule has 0 amide bonds. The van der Waals surface area contributed by atoms with Gasteiger partial charge in [0.05, 0.1) is 12.9 Å². The fraction of sp³-hybridized carbons (Fsp3) is 0.500. The number of aliphatic hydroxyl groups is 1. The van der Waals surface area contributed by atoms with Crippen molar-refractivity contribution in [3.05, 3.63) is 35.9 Å². The van der Waals surface area contributed by atoms with E-state index in [4.69, 9.17) is 9.66 Å². The van der Waals surface area contributed by atoms with E-state index in [1.807, 2.05) is 18.2 Å². The van der Waals surface area contributed by atoms with Crippen molar-refractivity contribution in [3.8, 4) is 0 Å². The topological polar surface area (TPSA) is 77.8 Å². The third kappa shape index (κ3) is 11.5. The molecule has 1 aromatic rings. The lowest BCUT2D eigenvalue weighted by Crippen LogP contribution is -2.25. The summed E-state index contributed by atoms with van der Waals surface area (Å²) in [4.78, 5) is 2.22. The molecule has 0 saturated heterocycles. The molecule has 0 aromatic heterocycles. The minimum Gasteiger partial charge on any atom is -0.395 e. The monoisotopic (exact) mass is 275 g/mol. The van der Waals surface area contributed by atoms with Gasteiger partial charge >= 0.3 is 0 Å². The number of rotatable bonds is 5. The average molecular weight is 275 g/mol. The van der Waals surface area contributed by atoms with Crippen LogP contribution in [0.1, 0.15) is 12.5 Å². The Morgan fingerprint density at radius 2 is 1.72 bits per heavy atom. The van der Waals surface area contributed by atoms with Crippen LogP contribution in [0.3, 0.4) is 0 Å². The molecule has 0 fully saturated rings. The van der Waals surface area contributed by atoms with Crippen LogP contribution in [0.25, 0.3) is 0 Å². The Balaban J connectivity index is 0.000000494. The van der Waals surface area contributed by atoms with Crippen molar-refractivity contribution in [2.75, 3.05) is 26.0 Å². The first kappa shape index (κ1) is 17.1. The molecule has 6 heteroatoms. The van der Waals surface area contributed by atoms with E-state index in [2.05, 4.69) is 24.0 Å². The molecular weight excluding hydrogens is 254 g/mol. The second kappa shape index (κ2) is 9.04. The molecule has 0 bridgehead atoms. The molecule has 0 radical (unpaired) electrons. The lowest BCUT2D eigenvalue weighted by molar-refractivity contribution is 0.197. The first-order valence-electron chi connectivity index (χ1n) is 5.66. The van der Waals surface area contributed by atoms with Crippen LogP contribution in [-0.2, 0) is 16.7 Å². The molecule has 0 heterocycles. The zero-order valence-corrected chi connectivity index (χ0v) is 11.6. The van der Waals surface area contributed by atoms with E-state index in [9.17, 15) is 8.42 Å². The SMILES string of the molecule is CCN(CCO)Cc1ccccc1.CS(=O)(=O)O. The smallest absolute Gasteiger partial charge is 0.261 e. The van der Waals surface area contributed by atoms with Crippen molar-refractivity contribution in [1.82, 2.24) is 4.90 Å². The maximum absolute atomic E-state index is 9.19. The van der Waals surface area contributed by atoms with Crippen LogP contribution in [-0.4, -0.2) is 48.9 Å². The minimum atomic E-state index is -3.67. The summed E-state index contributed by atoms with van der Waals surface area (Å²) in [6.45, 7) is 5.01. The molecule has 0 aliphatic carbocycles. The van der Waals surface area contributed by atoms with Gasteiger partial charge in [-0.3, -0.25) is 9.45 Å². The summed E-state index contributed by atoms with van der Waals surface area (Å²) >= 11 is 0. The third-order valence-corrected chi connectivity index (χ3v) is 2.11. The number of aliphatic hydroxyl groups excluding tert-OH is 1. The number of hydrogen-bond donors (Lipinski definition) is 2. The van der Waals surface area contributed by atoms with Crippen molar-refractivity contribution >= 4 is 10.1 Å². The van der Waals surface area contributed by atoms with Gasteiger partial charge in [-0.1, -0.05) is 37.3 Å². The molecule has 1 rings (SSSR count). The summed E-state index contributed by atoms with van der Waals surface area (Å²) < 4.78 is 25.9. The highest BCUT2D eigenvalue weighted by Crippen LogP contribution is 2.03. The maximum atomic E-state index is 9.19. The Kier molecular flexibility index (Phi) is 8.57. The van der Waals surface area contributed by atoms with Gasteiger partial charge in [0.2, 0.25) is 0 Å². The first-order chi connectivity index (χ1) is 8.36. The molecule has 1 aromatic carbocycles. The highest BCUT2D eigenvalue weighted by Gasteiger charge is 2.01. The zero-order chi connectivity index (χ0) is 14.0. The summed E-state index contributed by atoms with van der Waals surface area (Å²) in [6.07, 6.45) is 0.715. The van der Waals surface area contributed by atoms with E-state index < -0.39 is 10.1 Å². The fourth-order valence-corrected chi connectivity index (χ4v) is 1.33. The van der Waals surface area contributed by atoms with Crippen LogP contribution in [0.15, 0.2) is 30.3 Å². The Morgan fingerprint density at radius 3 is 2.11 bits per heavy atom. The predicted molar refractivity (Wildman–Crippen MR) is 72.0 cm³/mol. The van der Waals surface area contributed by atoms with Gasteiger partial charge in [0, 0.05) is 13.1 Å². The van der Waals surface area contributed by atoms with Crippen molar-refractivity contribution in [3.63, 3.8) is 0 Å². The summed E-state index contributed by atoms with van der Waals surface area (Å²) in [7, 11) is -3.67. The molecule has 0 atom stereocenters. The number of hydrogen-bond acceptors (Lipinski definition) is 4. The average Bonchev–Trinajstić information content (AvgIpc) is 2.27. The van der Waals surface area contributed by atoms with Gasteiger partial charge in [0.25, 0.3) is 10.1 Å². The second-order valence-electron chi connectivity index (χ2n) is 3.81. The van der Waals surface area contributed by atoms with Crippen molar-refractivity contribution < 1.29 is 18.1 Å². The van der Waals surface area contributed by atoms with E-state index in [-0.39, 0.29) is 6.61 Å². The molecule has 5 nitrogen and oxygen atoms in total. The quantitative estimate of drug-likeness (QED) is 0.784. The third-order valence-electron chi connectivity index (χ3n) is 2.11. The van der Waals surface area contributed by atoms with Crippen LogP contribution in [0.4, 0.5) is 0 Å². The molecule has 104 valence electrons. The van der Waals surface area contributed by atoms with Crippen LogP contribution in [0, 0.1) is 0 Å². The largest absolute Gasteiger partial charge is 0.395 e. The minimum absolute atomic E-state index is 0.237. The molecule has 0 aliphatic heterocycles. The standard InChI is InChI=1S/C11H17NO.CH4O3S/c1-2-12(8-9-13)10-11-6-4-3-5-7-11;1-5(2,3)4/h3-7,13H,2,8-10H2,1H3;1H3,(H,2,3,4). The molecular formula is C12H21NO4S. The van der Waals surface area contributed by atoms with Gasteiger partial charge in [0.1, 0.15) is 0 Å². The van der Waals surface area contributed by atoms with E-state index in [0.717, 1.165) is 19.6 Å². The second-order valence-corrected chi connectivity index (χ2v) is 5.28. The summed E-state index contributed by atoms with van der Waals surface area (Å²) in [5, 5.41) is 8.80. The van der Waals surface area contributed by atoms with E-state index in [1.54, 1.807) is 0 Å². The van der Waals surface area contributed by atoms with Gasteiger partial charge in [-0.2, -0.15) is 8.42 Å². The van der Waals surface area contributed by atoms with Gasteiger partial charge in [-0.15, -0.1) is 0 Å². The summed E-state index contributed by atoms with van der Waals surface area (Å²) in [6, 6.07) is 10.3. The van der Waals surface area contributed by atoms with E-state index >= 15 is 0 Å². The molecule has 0 spiro atoms. The van der Waals surface area contributed by atoms with Crippen molar-refractivity contribution in [2.45, 2.75) is 13.5 Å². The van der Waals surface area contributed by atoms with Crippen LogP contribution in [0.5, 0.6) is 0 Å². The summed E-state index contributed by atoms with van der Waals surface area (Å²) in [5.41, 5.74) is 1.30. The first-order valence-corrected chi connectivity index (χ1v) is 7.51. The summed E-state index contributed by atoms with van der Waals surface area (Å²) in [5.74, 6) is 0. The predicted octanol–water partition coefficient (Wildman–Crippen LogP) is 1.00. The number of nitrogens with zero attached hydrogens (tertiary/aromatic N) is 1. The molecule has 18 heavy (non-hydrogen) atoms. The van der Waals surface area contributed by atoms with Gasteiger partial charge < -0.3 is 5.11 Å². The molecule has 0 unspecified atom stereocenters. The number of likely N-dealkylation sites (N-methyl/N-ethyl adjacent to an activating group) is 1. The zero-order valence-electron chi connectivity index (χ0n) is 10.8. The maximum Gasteiger partial charge on any atom is 0.261 e. The molecule has 0 aliphatic rings. The van der Waals surface area contributed by atoms with Crippen molar-refractivity contribution in [1.29, 1.82) is 0 Å². The van der Waals surface area contributed by atoms with E-state index in [1.165, 1.54) is 5.56 Å². The highest BCUT2D eigenvalue weighted by molar-refractivity contribution is 7.85. The van der Waals surface area contributed by atoms with Crippen molar-refractivity contribution in [2.24, 2.45) is 0 Å². The lowest BCUT2D eigenvalue weighted by Gasteiger charge is -2.18. The Labute approximate surface area is 109 Å². The Morgan fingerprint density at radius 1 is 1.22 bits per heavy atom. The van der Waals surface area contributed by atoms with Crippen LogP contribution >= 0.6 is 0 Å². The van der Waals surface area contributed by atoms with Crippen LogP contribution < -0.4 is 0 Å². The lowest BCUT2D eigenvalue weighted by atomic mass is 10.2.